The predicted octanol–water partition coefficient (Wildman–Crippen LogP) is 4.77. The first-order valence-electron chi connectivity index (χ1n) is 11.9. The third-order valence-corrected chi connectivity index (χ3v) is 7.28. The normalized spacial score (nSPS) is 20.3. The molecule has 1 saturated heterocycles. The molecule has 0 atom stereocenters. The Balaban J connectivity index is 0.00000119. The molecule has 2 aromatic heterocycles. The molecule has 5 rings (SSSR count). The topological polar surface area (TPSA) is 72.0 Å². The summed E-state index contributed by atoms with van der Waals surface area (Å²) in [7, 11) is 1.97. The van der Waals surface area contributed by atoms with E-state index in [1.165, 1.54) is 50.0 Å². The van der Waals surface area contributed by atoms with E-state index >= 15 is 0 Å². The van der Waals surface area contributed by atoms with E-state index < -0.39 is 0 Å². The van der Waals surface area contributed by atoms with Gasteiger partial charge in [-0.3, -0.25) is 4.72 Å². The highest BCUT2D eigenvalue weighted by molar-refractivity contribution is 7.97. The zero-order valence-electron chi connectivity index (χ0n) is 19.6. The van der Waals surface area contributed by atoms with Crippen molar-refractivity contribution in [1.82, 2.24) is 24.2 Å². The van der Waals surface area contributed by atoms with Gasteiger partial charge in [0.25, 0.3) is 0 Å². The summed E-state index contributed by atoms with van der Waals surface area (Å²) in [6.45, 7) is 7.82. The number of aromatic nitrogens is 3. The maximum Gasteiger partial charge on any atom is 0.146 e. The second-order valence-corrected chi connectivity index (χ2v) is 9.66. The number of anilines is 1. The molecule has 3 N–H and O–H groups in total. The van der Waals surface area contributed by atoms with Gasteiger partial charge in [-0.05, 0) is 62.9 Å². The standard InChI is InChI=1S/C23H30N6S.C2H6/c1-25-30-9-6-16-4-2-5-18(10-16)20-14-29(23-21(20)22(24)26-15-27-23)19-11-17(12-19)13-28-7-3-8-28;1-2/h2,4-5,10,14-15,17,19,25H,3,6-9,11-13H2,1H3,(H2,24,26,27);1-2H3. The second-order valence-electron chi connectivity index (χ2n) is 8.56. The Bertz CT molecular complexity index is 1020. The smallest absolute Gasteiger partial charge is 0.146 e. The highest BCUT2D eigenvalue weighted by Gasteiger charge is 2.34. The minimum absolute atomic E-state index is 0.511. The molecule has 0 unspecified atom stereocenters. The lowest BCUT2D eigenvalue weighted by Gasteiger charge is -2.42. The molecule has 3 aromatic rings. The van der Waals surface area contributed by atoms with Crippen LogP contribution in [0.1, 0.15) is 44.7 Å². The molecule has 1 aliphatic heterocycles. The van der Waals surface area contributed by atoms with Crippen LogP contribution in [0, 0.1) is 5.92 Å². The molecule has 1 saturated carbocycles. The number of nitrogens with one attached hydrogen (secondary N) is 1. The quantitative estimate of drug-likeness (QED) is 0.379. The Morgan fingerprint density at radius 3 is 2.72 bits per heavy atom. The van der Waals surface area contributed by atoms with Gasteiger partial charge in [0, 0.05) is 30.1 Å². The van der Waals surface area contributed by atoms with Crippen LogP contribution in [0.25, 0.3) is 22.2 Å². The fourth-order valence-corrected chi connectivity index (χ4v) is 5.32. The van der Waals surface area contributed by atoms with E-state index in [9.17, 15) is 0 Å². The van der Waals surface area contributed by atoms with Gasteiger partial charge in [-0.15, -0.1) is 0 Å². The number of hydrogen-bond acceptors (Lipinski definition) is 6. The van der Waals surface area contributed by atoms with Crippen LogP contribution in [0.5, 0.6) is 0 Å². The van der Waals surface area contributed by atoms with Crippen molar-refractivity contribution in [2.24, 2.45) is 5.92 Å². The van der Waals surface area contributed by atoms with Gasteiger partial charge in [0.05, 0.1) is 5.39 Å². The number of benzene rings is 1. The maximum absolute atomic E-state index is 6.34. The lowest BCUT2D eigenvalue weighted by Crippen LogP contribution is -2.43. The molecular weight excluding hydrogens is 416 g/mol. The van der Waals surface area contributed by atoms with Crippen molar-refractivity contribution in [3.05, 3.63) is 42.4 Å². The van der Waals surface area contributed by atoms with Gasteiger partial charge in [0.2, 0.25) is 0 Å². The lowest BCUT2D eigenvalue weighted by molar-refractivity contribution is 0.0921. The van der Waals surface area contributed by atoms with Crippen LogP contribution in [0.4, 0.5) is 5.82 Å². The summed E-state index contributed by atoms with van der Waals surface area (Å²) in [4.78, 5) is 11.5. The summed E-state index contributed by atoms with van der Waals surface area (Å²) in [6.07, 6.45) is 8.71. The number of nitrogen functional groups attached to an aromatic ring is 1. The van der Waals surface area contributed by atoms with Crippen molar-refractivity contribution in [2.45, 2.75) is 45.6 Å². The van der Waals surface area contributed by atoms with Gasteiger partial charge in [-0.25, -0.2) is 9.97 Å². The van der Waals surface area contributed by atoms with Crippen molar-refractivity contribution in [3.8, 4) is 11.1 Å². The minimum atomic E-state index is 0.511. The molecule has 1 aromatic carbocycles. The Morgan fingerprint density at radius 2 is 2.00 bits per heavy atom. The number of hydrogen-bond donors (Lipinski definition) is 2. The van der Waals surface area contributed by atoms with Gasteiger partial charge in [-0.1, -0.05) is 50.1 Å². The molecule has 3 heterocycles. The Kier molecular flexibility index (Phi) is 7.71. The van der Waals surface area contributed by atoms with Crippen molar-refractivity contribution in [3.63, 3.8) is 0 Å². The van der Waals surface area contributed by atoms with Gasteiger partial charge >= 0.3 is 0 Å². The SMILES string of the molecule is CC.CNSCCc1cccc(-c2cn(C3CC(CN4CCC4)C3)c3ncnc(N)c23)c1. The van der Waals surface area contributed by atoms with E-state index in [0.717, 1.165) is 34.7 Å². The van der Waals surface area contributed by atoms with Crippen molar-refractivity contribution in [1.29, 1.82) is 0 Å². The van der Waals surface area contributed by atoms with E-state index in [1.54, 1.807) is 18.3 Å². The Hall–Kier alpha value is -2.09. The predicted molar refractivity (Wildman–Crippen MR) is 137 cm³/mol. The average Bonchev–Trinajstić information content (AvgIpc) is 3.14. The molecule has 1 aliphatic carbocycles. The minimum Gasteiger partial charge on any atom is -0.383 e. The highest BCUT2D eigenvalue weighted by Crippen LogP contribution is 2.43. The van der Waals surface area contributed by atoms with Gasteiger partial charge < -0.3 is 15.2 Å². The second kappa shape index (κ2) is 10.7. The van der Waals surface area contributed by atoms with E-state index in [0.29, 0.717) is 11.9 Å². The van der Waals surface area contributed by atoms with Crippen LogP contribution in [0.15, 0.2) is 36.8 Å². The van der Waals surface area contributed by atoms with Gasteiger partial charge in [0.15, 0.2) is 0 Å². The summed E-state index contributed by atoms with van der Waals surface area (Å²) < 4.78 is 5.50. The number of aryl methyl sites for hydroxylation is 1. The summed E-state index contributed by atoms with van der Waals surface area (Å²) in [5.41, 5.74) is 11.0. The van der Waals surface area contributed by atoms with E-state index in [2.05, 4.69) is 54.6 Å². The maximum atomic E-state index is 6.34. The molecule has 2 aliphatic rings. The molecule has 2 fully saturated rings. The largest absolute Gasteiger partial charge is 0.383 e. The molecule has 7 heteroatoms. The zero-order valence-corrected chi connectivity index (χ0v) is 20.4. The fourth-order valence-electron chi connectivity index (χ4n) is 4.78. The van der Waals surface area contributed by atoms with Crippen LogP contribution < -0.4 is 10.5 Å². The Morgan fingerprint density at radius 1 is 1.19 bits per heavy atom. The number of likely N-dealkylation sites (tertiary alicyclic amines) is 1. The number of nitrogens with two attached hydrogens (primary N) is 1. The van der Waals surface area contributed by atoms with Crippen LogP contribution in [0.2, 0.25) is 0 Å². The molecule has 0 amide bonds. The number of rotatable bonds is 8. The van der Waals surface area contributed by atoms with Gasteiger partial charge in [0.1, 0.15) is 17.8 Å². The van der Waals surface area contributed by atoms with Crippen LogP contribution in [-0.4, -0.2) is 51.9 Å². The lowest BCUT2D eigenvalue weighted by atomic mass is 9.79. The summed E-state index contributed by atoms with van der Waals surface area (Å²) in [5, 5.41) is 0.991. The first kappa shape index (κ1) is 23.1. The third-order valence-electron chi connectivity index (χ3n) is 6.58. The summed E-state index contributed by atoms with van der Waals surface area (Å²) in [5.74, 6) is 2.43. The average molecular weight is 453 g/mol. The summed E-state index contributed by atoms with van der Waals surface area (Å²) in [6, 6.07) is 9.32. The van der Waals surface area contributed by atoms with Crippen molar-refractivity contribution >= 4 is 28.8 Å². The van der Waals surface area contributed by atoms with Crippen molar-refractivity contribution < 1.29 is 0 Å². The third kappa shape index (κ3) is 4.80. The molecule has 6 nitrogen and oxygen atoms in total. The molecule has 172 valence electrons. The van der Waals surface area contributed by atoms with Crippen LogP contribution in [-0.2, 0) is 6.42 Å². The highest BCUT2D eigenvalue weighted by atomic mass is 32.2. The zero-order chi connectivity index (χ0) is 22.5. The van der Waals surface area contributed by atoms with E-state index in [-0.39, 0.29) is 0 Å². The fraction of sp³-hybridized carbons (Fsp3) is 0.520. The first-order valence-corrected chi connectivity index (χ1v) is 12.9. The molecule has 0 spiro atoms. The Labute approximate surface area is 196 Å². The van der Waals surface area contributed by atoms with Crippen LogP contribution in [0.3, 0.4) is 0 Å². The van der Waals surface area contributed by atoms with Crippen LogP contribution >= 0.6 is 11.9 Å². The molecule has 32 heavy (non-hydrogen) atoms. The van der Waals surface area contributed by atoms with Gasteiger partial charge in [-0.2, -0.15) is 0 Å². The monoisotopic (exact) mass is 452 g/mol. The van der Waals surface area contributed by atoms with E-state index in [1.807, 2.05) is 20.9 Å². The number of nitrogens with zero attached hydrogens (tertiary/aromatic N) is 4. The molecular formula is C25H36N6S. The molecule has 0 bridgehead atoms. The van der Waals surface area contributed by atoms with Crippen molar-refractivity contribution in [2.75, 3.05) is 38.2 Å². The molecule has 0 radical (unpaired) electrons. The first-order chi connectivity index (χ1) is 15.7. The number of fused-ring (bicyclic) bond motifs is 1. The summed E-state index contributed by atoms with van der Waals surface area (Å²) >= 11 is 1.74. The van der Waals surface area contributed by atoms with E-state index in [4.69, 9.17) is 5.73 Å².